The van der Waals surface area contributed by atoms with Crippen LogP contribution in [0.15, 0.2) is 40.8 Å². The lowest BCUT2D eigenvalue weighted by molar-refractivity contribution is 0.203. The van der Waals surface area contributed by atoms with Gasteiger partial charge < -0.3 is 20.3 Å². The van der Waals surface area contributed by atoms with E-state index in [-0.39, 0.29) is 30.1 Å². The van der Waals surface area contributed by atoms with Crippen molar-refractivity contribution in [3.63, 3.8) is 0 Å². The van der Waals surface area contributed by atoms with Gasteiger partial charge in [0.1, 0.15) is 11.9 Å². The summed E-state index contributed by atoms with van der Waals surface area (Å²) in [5.41, 5.74) is 7.37. The summed E-state index contributed by atoms with van der Waals surface area (Å²) in [6, 6.07) is 8.07. The number of thiazole rings is 1. The molecule has 0 amide bonds. The van der Waals surface area contributed by atoms with E-state index in [0.29, 0.717) is 12.5 Å². The zero-order valence-electron chi connectivity index (χ0n) is 15.9. The number of piperazine rings is 1. The molecule has 1 fully saturated rings. The highest BCUT2D eigenvalue weighted by Gasteiger charge is 2.20. The second kappa shape index (κ2) is 10.7. The fraction of sp³-hybridized carbons (Fsp3) is 0.474. The minimum atomic E-state index is 0. The van der Waals surface area contributed by atoms with Crippen LogP contribution < -0.4 is 15.4 Å². The third kappa shape index (κ3) is 5.97. The molecule has 148 valence electrons. The van der Waals surface area contributed by atoms with Gasteiger partial charge in [-0.1, -0.05) is 25.1 Å². The van der Waals surface area contributed by atoms with Crippen molar-refractivity contribution in [2.24, 2.45) is 10.7 Å². The van der Waals surface area contributed by atoms with E-state index >= 15 is 0 Å². The maximum absolute atomic E-state index is 6.23. The van der Waals surface area contributed by atoms with Crippen molar-refractivity contribution < 1.29 is 4.74 Å². The standard InChI is InChI=1S/C19H27N5OS.HI/c1-3-16(25-17-7-5-4-6-15(17)2)14-22-18(20)23-9-11-24(12-10-23)19-21-8-13-26-19;/h4-8,13,16H,3,9-12,14H2,1-2H3,(H2,20,22);1H. The number of aliphatic imine (C=N–C) groups is 1. The molecule has 8 heteroatoms. The van der Waals surface area contributed by atoms with E-state index < -0.39 is 0 Å². The Morgan fingerprint density at radius 2 is 2.04 bits per heavy atom. The Morgan fingerprint density at radius 1 is 1.30 bits per heavy atom. The topological polar surface area (TPSA) is 67.0 Å². The summed E-state index contributed by atoms with van der Waals surface area (Å²) in [7, 11) is 0. The molecule has 1 aliphatic rings. The number of aryl methyl sites for hydroxylation is 1. The van der Waals surface area contributed by atoms with Gasteiger partial charge in [-0.25, -0.2) is 9.98 Å². The molecule has 0 bridgehead atoms. The van der Waals surface area contributed by atoms with Crippen LogP contribution in [0.5, 0.6) is 5.75 Å². The molecule has 6 nitrogen and oxygen atoms in total. The number of hydrogen-bond donors (Lipinski definition) is 1. The van der Waals surface area contributed by atoms with Crippen molar-refractivity contribution in [3.8, 4) is 5.75 Å². The van der Waals surface area contributed by atoms with E-state index in [1.165, 1.54) is 0 Å². The zero-order chi connectivity index (χ0) is 18.4. The molecule has 2 N–H and O–H groups in total. The Hall–Kier alpha value is -1.55. The highest BCUT2D eigenvalue weighted by molar-refractivity contribution is 14.0. The average Bonchev–Trinajstić information content (AvgIpc) is 3.21. The summed E-state index contributed by atoms with van der Waals surface area (Å²) in [5.74, 6) is 1.53. The third-order valence-electron chi connectivity index (χ3n) is 4.59. The van der Waals surface area contributed by atoms with Gasteiger partial charge in [0.2, 0.25) is 0 Å². The Balaban J connectivity index is 0.00000261. The number of ether oxygens (including phenoxy) is 1. The Labute approximate surface area is 182 Å². The van der Waals surface area contributed by atoms with Crippen LogP contribution in [0.2, 0.25) is 0 Å². The van der Waals surface area contributed by atoms with Gasteiger partial charge in [0.15, 0.2) is 11.1 Å². The summed E-state index contributed by atoms with van der Waals surface area (Å²) in [6.07, 6.45) is 2.77. The Kier molecular flexibility index (Phi) is 8.62. The van der Waals surface area contributed by atoms with Crippen molar-refractivity contribution in [1.82, 2.24) is 9.88 Å². The molecule has 1 atom stereocenters. The number of rotatable bonds is 6. The maximum atomic E-state index is 6.23. The van der Waals surface area contributed by atoms with E-state index in [0.717, 1.165) is 49.0 Å². The van der Waals surface area contributed by atoms with E-state index in [9.17, 15) is 0 Å². The smallest absolute Gasteiger partial charge is 0.191 e. The van der Waals surface area contributed by atoms with Gasteiger partial charge in [0.25, 0.3) is 0 Å². The van der Waals surface area contributed by atoms with E-state index in [2.05, 4.69) is 39.7 Å². The van der Waals surface area contributed by atoms with Crippen molar-refractivity contribution in [2.45, 2.75) is 26.4 Å². The molecule has 1 saturated heterocycles. The third-order valence-corrected chi connectivity index (χ3v) is 5.43. The summed E-state index contributed by atoms with van der Waals surface area (Å²) in [4.78, 5) is 13.4. The summed E-state index contributed by atoms with van der Waals surface area (Å²) in [6.45, 7) is 8.31. The zero-order valence-corrected chi connectivity index (χ0v) is 19.0. The first kappa shape index (κ1) is 21.7. The van der Waals surface area contributed by atoms with Gasteiger partial charge in [-0.3, -0.25) is 0 Å². The number of anilines is 1. The average molecular weight is 501 g/mol. The second-order valence-electron chi connectivity index (χ2n) is 6.40. The molecule has 1 aromatic carbocycles. The van der Waals surface area contributed by atoms with Crippen LogP contribution >= 0.6 is 35.3 Å². The van der Waals surface area contributed by atoms with E-state index in [1.807, 2.05) is 29.8 Å². The molecule has 2 aromatic rings. The van der Waals surface area contributed by atoms with Crippen LogP contribution in [0.25, 0.3) is 0 Å². The maximum Gasteiger partial charge on any atom is 0.191 e. The van der Waals surface area contributed by atoms with Crippen molar-refractivity contribution in [2.75, 3.05) is 37.6 Å². The van der Waals surface area contributed by atoms with E-state index in [4.69, 9.17) is 10.5 Å². The molecule has 1 unspecified atom stereocenters. The van der Waals surface area contributed by atoms with Gasteiger partial charge in [0, 0.05) is 37.8 Å². The van der Waals surface area contributed by atoms with Crippen LogP contribution in [0.4, 0.5) is 5.13 Å². The number of benzene rings is 1. The number of nitrogens with zero attached hydrogens (tertiary/aromatic N) is 4. The van der Waals surface area contributed by atoms with Crippen LogP contribution in [0.3, 0.4) is 0 Å². The molecule has 2 heterocycles. The first-order valence-electron chi connectivity index (χ1n) is 9.09. The predicted molar refractivity (Wildman–Crippen MR) is 124 cm³/mol. The van der Waals surface area contributed by atoms with Gasteiger partial charge >= 0.3 is 0 Å². The Morgan fingerprint density at radius 3 is 2.67 bits per heavy atom. The predicted octanol–water partition coefficient (Wildman–Crippen LogP) is 3.36. The van der Waals surface area contributed by atoms with Crippen molar-refractivity contribution in [3.05, 3.63) is 41.4 Å². The first-order valence-corrected chi connectivity index (χ1v) is 9.97. The molecule has 1 aliphatic heterocycles. The molecule has 0 spiro atoms. The molecular weight excluding hydrogens is 473 g/mol. The number of aromatic nitrogens is 1. The van der Waals surface area contributed by atoms with Gasteiger partial charge in [0.05, 0.1) is 6.54 Å². The largest absolute Gasteiger partial charge is 0.488 e. The minimum absolute atomic E-state index is 0. The molecule has 3 rings (SSSR count). The minimum Gasteiger partial charge on any atom is -0.488 e. The summed E-state index contributed by atoms with van der Waals surface area (Å²) >= 11 is 1.68. The number of para-hydroxylation sites is 1. The van der Waals surface area contributed by atoms with Crippen LogP contribution in [0.1, 0.15) is 18.9 Å². The Bertz CT molecular complexity index is 717. The lowest BCUT2D eigenvalue weighted by Crippen LogP contribution is -2.51. The number of hydrogen-bond acceptors (Lipinski definition) is 5. The van der Waals surface area contributed by atoms with Crippen molar-refractivity contribution in [1.29, 1.82) is 0 Å². The summed E-state index contributed by atoms with van der Waals surface area (Å²) < 4.78 is 6.10. The number of guanidine groups is 1. The fourth-order valence-corrected chi connectivity index (χ4v) is 3.61. The molecule has 0 aliphatic carbocycles. The molecule has 0 saturated carbocycles. The number of nitrogens with two attached hydrogens (primary N) is 1. The SMILES string of the molecule is CCC(CN=C(N)N1CCN(c2nccs2)CC1)Oc1ccccc1C.I. The summed E-state index contributed by atoms with van der Waals surface area (Å²) in [5, 5.41) is 3.09. The van der Waals surface area contributed by atoms with Gasteiger partial charge in [-0.05, 0) is 25.0 Å². The van der Waals surface area contributed by atoms with Crippen LogP contribution in [0, 0.1) is 6.92 Å². The number of halogens is 1. The lowest BCUT2D eigenvalue weighted by Gasteiger charge is -2.35. The molecule has 0 radical (unpaired) electrons. The van der Waals surface area contributed by atoms with E-state index in [1.54, 1.807) is 11.3 Å². The molecule has 1 aromatic heterocycles. The quantitative estimate of drug-likeness (QED) is 0.374. The van der Waals surface area contributed by atoms with Gasteiger partial charge in [-0.2, -0.15) is 0 Å². The second-order valence-corrected chi connectivity index (χ2v) is 7.27. The normalized spacial score (nSPS) is 16.0. The van der Waals surface area contributed by atoms with Gasteiger partial charge in [-0.15, -0.1) is 35.3 Å². The molecule has 27 heavy (non-hydrogen) atoms. The van der Waals surface area contributed by atoms with Crippen molar-refractivity contribution >= 4 is 46.4 Å². The highest BCUT2D eigenvalue weighted by atomic mass is 127. The lowest BCUT2D eigenvalue weighted by atomic mass is 10.2. The van der Waals surface area contributed by atoms with Crippen LogP contribution in [-0.2, 0) is 0 Å². The molecular formula is C19H28IN5OS. The van der Waals surface area contributed by atoms with Crippen LogP contribution in [-0.4, -0.2) is 54.7 Å². The monoisotopic (exact) mass is 501 g/mol. The first-order chi connectivity index (χ1) is 12.7. The fourth-order valence-electron chi connectivity index (χ4n) is 2.91. The highest BCUT2D eigenvalue weighted by Crippen LogP contribution is 2.20.